The number of rotatable bonds is 3. The molecule has 1 heteroatoms. The third kappa shape index (κ3) is 2.05. The van der Waals surface area contributed by atoms with Crippen molar-refractivity contribution in [3.63, 3.8) is 0 Å². The van der Waals surface area contributed by atoms with Crippen LogP contribution in [0.3, 0.4) is 0 Å². The monoisotopic (exact) mass is 187 g/mol. The van der Waals surface area contributed by atoms with E-state index in [4.69, 9.17) is 0 Å². The molecule has 0 aromatic heterocycles. The maximum atomic E-state index is 4.01. The van der Waals surface area contributed by atoms with Crippen LogP contribution in [0.1, 0.15) is 23.6 Å². The number of hydrogen-bond acceptors (Lipinski definition) is 1. The largest absolute Gasteiger partial charge is 0.311 e. The molecular formula is C13H17N. The Labute approximate surface area is 85.8 Å². The van der Waals surface area contributed by atoms with E-state index >= 15 is 0 Å². The van der Waals surface area contributed by atoms with Gasteiger partial charge in [0.1, 0.15) is 0 Å². The zero-order chi connectivity index (χ0) is 10.1. The minimum Gasteiger partial charge on any atom is -0.311 e. The first kappa shape index (κ1) is 9.47. The van der Waals surface area contributed by atoms with E-state index in [1.165, 1.54) is 23.2 Å². The van der Waals surface area contributed by atoms with Gasteiger partial charge in [-0.3, -0.25) is 0 Å². The molecule has 1 saturated heterocycles. The molecule has 1 atom stereocenters. The molecule has 14 heavy (non-hydrogen) atoms. The van der Waals surface area contributed by atoms with E-state index in [1.54, 1.807) is 0 Å². The van der Waals surface area contributed by atoms with Gasteiger partial charge in [-0.1, -0.05) is 30.4 Å². The van der Waals surface area contributed by atoms with Gasteiger partial charge < -0.3 is 5.32 Å². The number of hydrogen-bond donors (Lipinski definition) is 1. The zero-order valence-electron chi connectivity index (χ0n) is 8.93. The van der Waals surface area contributed by atoms with Crippen LogP contribution in [-0.2, 0) is 6.42 Å². The molecule has 1 fully saturated rings. The van der Waals surface area contributed by atoms with E-state index in [9.17, 15) is 0 Å². The van der Waals surface area contributed by atoms with Gasteiger partial charge in [-0.2, -0.15) is 0 Å². The highest BCUT2D eigenvalue weighted by atomic mass is 15.1. The number of nitrogens with one attached hydrogen (secondary N) is 1. The summed E-state index contributed by atoms with van der Waals surface area (Å²) in [4.78, 5) is 0. The molecule has 1 aliphatic heterocycles. The number of aryl methyl sites for hydroxylation is 1. The van der Waals surface area contributed by atoms with Crippen molar-refractivity contribution in [3.05, 3.63) is 41.5 Å². The predicted octanol–water partition coefficient (Wildman–Crippen LogP) is 2.54. The van der Waals surface area contributed by atoms with Gasteiger partial charge in [-0.15, -0.1) is 0 Å². The molecule has 2 rings (SSSR count). The van der Waals surface area contributed by atoms with Crippen LogP contribution in [0.4, 0.5) is 0 Å². The highest BCUT2D eigenvalue weighted by Crippen LogP contribution is 2.20. The Kier molecular flexibility index (Phi) is 2.42. The fourth-order valence-electron chi connectivity index (χ4n) is 1.77. The van der Waals surface area contributed by atoms with Gasteiger partial charge in [0, 0.05) is 12.6 Å². The lowest BCUT2D eigenvalue weighted by molar-refractivity contribution is 0.928. The van der Waals surface area contributed by atoms with Crippen molar-refractivity contribution >= 4 is 5.57 Å². The fraction of sp³-hybridized carbons (Fsp3) is 0.385. The topological polar surface area (TPSA) is 21.9 Å². The normalized spacial score (nSPS) is 19.4. The summed E-state index contributed by atoms with van der Waals surface area (Å²) in [6, 6.07) is 7.41. The average molecular weight is 187 g/mol. The van der Waals surface area contributed by atoms with E-state index in [1.807, 2.05) is 0 Å². The standard InChI is InChI=1S/C13H17N/c1-9(2)13-7-11(5-4-10(13)3)6-12-8-14-12/h4-5,7,12,14H,1,6,8H2,2-3H3. The first-order valence-electron chi connectivity index (χ1n) is 5.15. The molecule has 1 unspecified atom stereocenters. The lowest BCUT2D eigenvalue weighted by atomic mass is 9.98. The van der Waals surface area contributed by atoms with E-state index in [0.717, 1.165) is 18.0 Å². The van der Waals surface area contributed by atoms with Crippen LogP contribution in [0.2, 0.25) is 0 Å². The quantitative estimate of drug-likeness (QED) is 0.722. The predicted molar refractivity (Wildman–Crippen MR) is 61.4 cm³/mol. The van der Waals surface area contributed by atoms with Gasteiger partial charge in [-0.25, -0.2) is 0 Å². The van der Waals surface area contributed by atoms with Crippen molar-refractivity contribution in [2.24, 2.45) is 0 Å². The average Bonchev–Trinajstić information content (AvgIpc) is 2.92. The SMILES string of the molecule is C=C(C)c1cc(CC2CN2)ccc1C. The summed E-state index contributed by atoms with van der Waals surface area (Å²) >= 11 is 0. The van der Waals surface area contributed by atoms with E-state index in [0.29, 0.717) is 0 Å². The van der Waals surface area contributed by atoms with Gasteiger partial charge in [0.2, 0.25) is 0 Å². The molecule has 1 N–H and O–H groups in total. The second-order valence-electron chi connectivity index (χ2n) is 4.24. The fourth-order valence-corrected chi connectivity index (χ4v) is 1.77. The minimum atomic E-state index is 0.718. The first-order chi connectivity index (χ1) is 6.66. The molecule has 1 heterocycles. The lowest BCUT2D eigenvalue weighted by Crippen LogP contribution is -1.98. The summed E-state index contributed by atoms with van der Waals surface area (Å²) in [7, 11) is 0. The highest BCUT2D eigenvalue weighted by Gasteiger charge is 2.20. The van der Waals surface area contributed by atoms with Gasteiger partial charge in [0.05, 0.1) is 0 Å². The molecule has 0 amide bonds. The van der Waals surface area contributed by atoms with Crippen molar-refractivity contribution in [2.45, 2.75) is 26.3 Å². The smallest absolute Gasteiger partial charge is 0.0233 e. The second-order valence-corrected chi connectivity index (χ2v) is 4.24. The highest BCUT2D eigenvalue weighted by molar-refractivity contribution is 5.65. The Balaban J connectivity index is 2.24. The Morgan fingerprint density at radius 1 is 1.57 bits per heavy atom. The molecule has 0 bridgehead atoms. The summed E-state index contributed by atoms with van der Waals surface area (Å²) < 4.78 is 0. The molecule has 74 valence electrons. The van der Waals surface area contributed by atoms with Gasteiger partial charge in [-0.05, 0) is 37.0 Å². The number of allylic oxidation sites excluding steroid dienone is 1. The summed E-state index contributed by atoms with van der Waals surface area (Å²) in [5.74, 6) is 0. The van der Waals surface area contributed by atoms with E-state index in [2.05, 4.69) is 43.9 Å². The minimum absolute atomic E-state index is 0.718. The lowest BCUT2D eigenvalue weighted by Gasteiger charge is -2.07. The molecule has 1 nitrogen and oxygen atoms in total. The van der Waals surface area contributed by atoms with Crippen molar-refractivity contribution in [1.29, 1.82) is 0 Å². The van der Waals surface area contributed by atoms with Crippen LogP contribution in [0, 0.1) is 6.92 Å². The van der Waals surface area contributed by atoms with Crippen LogP contribution in [-0.4, -0.2) is 12.6 Å². The van der Waals surface area contributed by atoms with Gasteiger partial charge in [0.15, 0.2) is 0 Å². The molecule has 0 spiro atoms. The summed E-state index contributed by atoms with van der Waals surface area (Å²) in [6.07, 6.45) is 1.15. The zero-order valence-corrected chi connectivity index (χ0v) is 8.93. The second kappa shape index (κ2) is 3.58. The Hall–Kier alpha value is -1.08. The maximum Gasteiger partial charge on any atom is 0.0233 e. The molecule has 0 radical (unpaired) electrons. The van der Waals surface area contributed by atoms with Crippen LogP contribution in [0.15, 0.2) is 24.8 Å². The Bertz CT molecular complexity index is 361. The molecule has 1 aliphatic rings. The summed E-state index contributed by atoms with van der Waals surface area (Å²) in [6.45, 7) is 9.40. The summed E-state index contributed by atoms with van der Waals surface area (Å²) in [5.41, 5.74) is 5.21. The maximum absolute atomic E-state index is 4.01. The van der Waals surface area contributed by atoms with Crippen molar-refractivity contribution in [3.8, 4) is 0 Å². The molecule has 1 aromatic carbocycles. The molecule has 0 saturated carbocycles. The Morgan fingerprint density at radius 2 is 2.29 bits per heavy atom. The van der Waals surface area contributed by atoms with Gasteiger partial charge >= 0.3 is 0 Å². The van der Waals surface area contributed by atoms with E-state index in [-0.39, 0.29) is 0 Å². The molecular weight excluding hydrogens is 170 g/mol. The third-order valence-electron chi connectivity index (χ3n) is 2.74. The van der Waals surface area contributed by atoms with Crippen LogP contribution in [0.5, 0.6) is 0 Å². The van der Waals surface area contributed by atoms with Crippen molar-refractivity contribution in [2.75, 3.05) is 6.54 Å². The molecule has 0 aliphatic carbocycles. The van der Waals surface area contributed by atoms with Gasteiger partial charge in [0.25, 0.3) is 0 Å². The van der Waals surface area contributed by atoms with Crippen molar-refractivity contribution in [1.82, 2.24) is 5.32 Å². The Morgan fingerprint density at radius 3 is 2.86 bits per heavy atom. The van der Waals surface area contributed by atoms with Crippen LogP contribution >= 0.6 is 0 Å². The first-order valence-corrected chi connectivity index (χ1v) is 5.15. The summed E-state index contributed by atoms with van der Waals surface area (Å²) in [5, 5.41) is 3.32. The number of benzene rings is 1. The van der Waals surface area contributed by atoms with Crippen LogP contribution < -0.4 is 5.32 Å². The van der Waals surface area contributed by atoms with Crippen LogP contribution in [0.25, 0.3) is 5.57 Å². The molecule has 1 aromatic rings. The van der Waals surface area contributed by atoms with E-state index < -0.39 is 0 Å². The van der Waals surface area contributed by atoms with Crippen molar-refractivity contribution < 1.29 is 0 Å². The third-order valence-corrected chi connectivity index (χ3v) is 2.74.